The molecule has 6 heteroatoms. The molecule has 0 fully saturated rings. The Balaban J connectivity index is 1.97. The molecule has 0 bridgehead atoms. The average Bonchev–Trinajstić information content (AvgIpc) is 2.74. The number of ether oxygens (including phenoxy) is 1. The van der Waals surface area contributed by atoms with E-state index in [-0.39, 0.29) is 11.3 Å². The molecule has 0 amide bonds. The summed E-state index contributed by atoms with van der Waals surface area (Å²) >= 11 is 6.03. The lowest BCUT2D eigenvalue weighted by atomic mass is 9.88. The number of benzene rings is 2. The molecule has 1 aliphatic rings. The van der Waals surface area contributed by atoms with Crippen LogP contribution in [-0.4, -0.2) is 22.0 Å². The second kappa shape index (κ2) is 8.55. The van der Waals surface area contributed by atoms with Gasteiger partial charge >= 0.3 is 11.9 Å². The number of pyridine rings is 1. The molecule has 0 saturated carbocycles. The van der Waals surface area contributed by atoms with Gasteiger partial charge in [-0.1, -0.05) is 35.9 Å². The molecule has 0 spiro atoms. The maximum atomic E-state index is 12.8. The highest BCUT2D eigenvalue weighted by atomic mass is 35.5. The molecule has 0 unspecified atom stereocenters. The summed E-state index contributed by atoms with van der Waals surface area (Å²) in [6.45, 7) is 5.21. The third kappa shape index (κ3) is 4.35. The fourth-order valence-corrected chi connectivity index (χ4v) is 4.20. The van der Waals surface area contributed by atoms with Gasteiger partial charge in [0, 0.05) is 16.8 Å². The Labute approximate surface area is 192 Å². The first-order valence-corrected chi connectivity index (χ1v) is 11.2. The summed E-state index contributed by atoms with van der Waals surface area (Å²) in [5.74, 6) is -1.62. The molecule has 166 valence electrons. The van der Waals surface area contributed by atoms with Crippen LogP contribution in [0.15, 0.2) is 36.4 Å². The zero-order valence-electron chi connectivity index (χ0n) is 18.5. The van der Waals surface area contributed by atoms with Crippen LogP contribution >= 0.6 is 11.6 Å². The molecule has 1 aliphatic carbocycles. The van der Waals surface area contributed by atoms with Crippen LogP contribution in [0.5, 0.6) is 5.75 Å². The van der Waals surface area contributed by atoms with E-state index in [2.05, 4.69) is 0 Å². The van der Waals surface area contributed by atoms with Crippen LogP contribution in [0.25, 0.3) is 10.9 Å². The van der Waals surface area contributed by atoms with E-state index < -0.39 is 17.4 Å². The number of nitrogens with zero attached hydrogens (tertiary/aromatic N) is 1. The van der Waals surface area contributed by atoms with Crippen LogP contribution in [0.3, 0.4) is 0 Å². The highest BCUT2D eigenvalue weighted by molar-refractivity contribution is 6.30. The van der Waals surface area contributed by atoms with E-state index in [0.29, 0.717) is 28.0 Å². The second-order valence-corrected chi connectivity index (χ2v) is 9.75. The minimum atomic E-state index is -1.14. The minimum Gasteiger partial charge on any atom is -0.478 e. The van der Waals surface area contributed by atoms with Crippen LogP contribution < -0.4 is 4.74 Å². The number of esters is 1. The average molecular weight is 452 g/mol. The fourth-order valence-electron chi connectivity index (χ4n) is 4.07. The topological polar surface area (TPSA) is 76.5 Å². The molecular weight excluding hydrogens is 426 g/mol. The third-order valence-electron chi connectivity index (χ3n) is 5.81. The summed E-state index contributed by atoms with van der Waals surface area (Å²) in [6.07, 6.45) is 4.30. The van der Waals surface area contributed by atoms with Gasteiger partial charge in [0.05, 0.1) is 16.6 Å². The van der Waals surface area contributed by atoms with Crippen LogP contribution in [0.2, 0.25) is 5.02 Å². The molecular formula is C26H26ClNO4. The van der Waals surface area contributed by atoms with Crippen LogP contribution in [0, 0.1) is 5.41 Å². The lowest BCUT2D eigenvalue weighted by Gasteiger charge is -2.22. The zero-order chi connectivity index (χ0) is 23.0. The van der Waals surface area contributed by atoms with Crippen molar-refractivity contribution in [2.75, 3.05) is 0 Å². The van der Waals surface area contributed by atoms with Crippen molar-refractivity contribution in [2.24, 2.45) is 5.41 Å². The molecule has 1 N–H and O–H groups in total. The summed E-state index contributed by atoms with van der Waals surface area (Å²) in [4.78, 5) is 30.1. The van der Waals surface area contributed by atoms with Gasteiger partial charge in [0.25, 0.3) is 0 Å². The smallest absolute Gasteiger partial charge is 0.340 e. The molecule has 0 atom stereocenters. The van der Waals surface area contributed by atoms with Gasteiger partial charge in [-0.05, 0) is 75.3 Å². The SMILES string of the molecule is CC(C)(C)C(=O)Oc1c(Cc2ccc(Cl)cc2)nc2c3c(ccc2c1C(=O)O)CCCC3. The summed E-state index contributed by atoms with van der Waals surface area (Å²) < 4.78 is 5.74. The van der Waals surface area contributed by atoms with E-state index in [0.717, 1.165) is 36.8 Å². The number of aryl methyl sites for hydroxylation is 2. The van der Waals surface area contributed by atoms with Gasteiger partial charge in [-0.15, -0.1) is 0 Å². The molecule has 1 heterocycles. The van der Waals surface area contributed by atoms with Gasteiger partial charge < -0.3 is 9.84 Å². The van der Waals surface area contributed by atoms with Gasteiger partial charge in [-0.3, -0.25) is 4.79 Å². The molecule has 4 rings (SSSR count). The number of hydrogen-bond donors (Lipinski definition) is 1. The zero-order valence-corrected chi connectivity index (χ0v) is 19.3. The predicted molar refractivity (Wildman–Crippen MR) is 125 cm³/mol. The third-order valence-corrected chi connectivity index (χ3v) is 6.07. The van der Waals surface area contributed by atoms with Crippen LogP contribution in [0.4, 0.5) is 0 Å². The molecule has 0 aliphatic heterocycles. The number of rotatable bonds is 4. The largest absolute Gasteiger partial charge is 0.478 e. The Bertz CT molecular complexity index is 1210. The number of carboxylic acids is 1. The van der Waals surface area contributed by atoms with Gasteiger partial charge in [-0.2, -0.15) is 0 Å². The number of carboxylic acid groups (broad SMARTS) is 1. The second-order valence-electron chi connectivity index (χ2n) is 9.32. The first-order valence-electron chi connectivity index (χ1n) is 10.8. The number of aromatic nitrogens is 1. The number of hydrogen-bond acceptors (Lipinski definition) is 4. The Kier molecular flexibility index (Phi) is 5.95. The van der Waals surface area contributed by atoms with E-state index in [9.17, 15) is 14.7 Å². The quantitative estimate of drug-likeness (QED) is 0.491. The first-order chi connectivity index (χ1) is 15.1. The maximum absolute atomic E-state index is 12.8. The number of fused-ring (bicyclic) bond motifs is 3. The summed E-state index contributed by atoms with van der Waals surface area (Å²) in [6, 6.07) is 11.1. The lowest BCUT2D eigenvalue weighted by molar-refractivity contribution is -0.143. The Hall–Kier alpha value is -2.92. The Morgan fingerprint density at radius 1 is 1.06 bits per heavy atom. The Morgan fingerprint density at radius 2 is 1.75 bits per heavy atom. The van der Waals surface area contributed by atoms with Crippen molar-refractivity contribution in [3.63, 3.8) is 0 Å². The molecule has 32 heavy (non-hydrogen) atoms. The van der Waals surface area contributed by atoms with Crippen molar-refractivity contribution in [1.82, 2.24) is 4.98 Å². The molecule has 0 radical (unpaired) electrons. The van der Waals surface area contributed by atoms with Gasteiger partial charge in [0.1, 0.15) is 5.56 Å². The monoisotopic (exact) mass is 451 g/mol. The van der Waals surface area contributed by atoms with Gasteiger partial charge in [0.2, 0.25) is 0 Å². The van der Waals surface area contributed by atoms with Crippen molar-refractivity contribution in [1.29, 1.82) is 0 Å². The van der Waals surface area contributed by atoms with E-state index in [1.54, 1.807) is 39.0 Å². The molecule has 5 nitrogen and oxygen atoms in total. The van der Waals surface area contributed by atoms with Gasteiger partial charge in [-0.25, -0.2) is 9.78 Å². The fraction of sp³-hybridized carbons (Fsp3) is 0.346. The van der Waals surface area contributed by atoms with E-state index >= 15 is 0 Å². The van der Waals surface area contributed by atoms with Crippen molar-refractivity contribution >= 4 is 34.4 Å². The number of carbonyl (C=O) groups excluding carboxylic acids is 1. The molecule has 2 aromatic carbocycles. The van der Waals surface area contributed by atoms with Crippen molar-refractivity contribution in [2.45, 2.75) is 52.9 Å². The molecule has 3 aromatic rings. The highest BCUT2D eigenvalue weighted by Gasteiger charge is 2.30. The van der Waals surface area contributed by atoms with Gasteiger partial charge in [0.15, 0.2) is 5.75 Å². The van der Waals surface area contributed by atoms with Crippen LogP contribution in [-0.2, 0) is 24.1 Å². The maximum Gasteiger partial charge on any atom is 0.340 e. The normalized spacial score (nSPS) is 13.6. The van der Waals surface area contributed by atoms with E-state index in [4.69, 9.17) is 21.3 Å². The van der Waals surface area contributed by atoms with E-state index in [1.165, 1.54) is 5.56 Å². The number of halogens is 1. The number of aromatic carboxylic acids is 1. The predicted octanol–water partition coefficient (Wildman–Crippen LogP) is 6.01. The highest BCUT2D eigenvalue weighted by Crippen LogP contribution is 2.37. The van der Waals surface area contributed by atoms with Crippen molar-refractivity contribution < 1.29 is 19.4 Å². The first kappa shape index (κ1) is 22.3. The van der Waals surface area contributed by atoms with Crippen molar-refractivity contribution in [3.8, 4) is 5.75 Å². The lowest BCUT2D eigenvalue weighted by Crippen LogP contribution is -2.27. The Morgan fingerprint density at radius 3 is 2.41 bits per heavy atom. The van der Waals surface area contributed by atoms with Crippen molar-refractivity contribution in [3.05, 3.63) is 69.4 Å². The summed E-state index contributed by atoms with van der Waals surface area (Å²) in [7, 11) is 0. The standard InChI is InChI=1S/C26H26ClNO4/c1-26(2,3)25(31)32-23-20(14-15-8-11-17(27)12-9-15)28-22-18-7-5-4-6-16(18)10-13-19(22)21(23)24(29)30/h8-13H,4-7,14H2,1-3H3,(H,29,30). The minimum absolute atomic E-state index is 0.00932. The summed E-state index contributed by atoms with van der Waals surface area (Å²) in [5, 5.41) is 11.3. The number of carbonyl (C=O) groups is 2. The molecule has 0 saturated heterocycles. The van der Waals surface area contributed by atoms with E-state index in [1.807, 2.05) is 18.2 Å². The molecule has 1 aromatic heterocycles. The van der Waals surface area contributed by atoms with Crippen LogP contribution in [0.1, 0.15) is 66.4 Å². The summed E-state index contributed by atoms with van der Waals surface area (Å²) in [5.41, 5.74) is 3.54.